The van der Waals surface area contributed by atoms with Crippen molar-refractivity contribution < 1.29 is 28.5 Å². The van der Waals surface area contributed by atoms with Gasteiger partial charge in [-0.3, -0.25) is 4.79 Å². The summed E-state index contributed by atoms with van der Waals surface area (Å²) in [5.41, 5.74) is 5.89. The second kappa shape index (κ2) is 19.9. The molecule has 0 atom stereocenters. The Labute approximate surface area is 401 Å². The molecule has 0 spiro atoms. The van der Waals surface area contributed by atoms with Crippen molar-refractivity contribution in [2.24, 2.45) is 0 Å². The van der Waals surface area contributed by atoms with Gasteiger partial charge in [0, 0.05) is 33.6 Å². The predicted octanol–water partition coefficient (Wildman–Crippen LogP) is 14.3. The molecule has 8 rings (SSSR count). The van der Waals surface area contributed by atoms with Gasteiger partial charge in [-0.2, -0.15) is 10.5 Å². The molecule has 0 fully saturated rings. The van der Waals surface area contributed by atoms with E-state index in [-0.39, 0.29) is 27.9 Å². The number of hydrogen-bond donors (Lipinski definition) is 0. The maximum absolute atomic E-state index is 13.4. The van der Waals surface area contributed by atoms with Crippen molar-refractivity contribution in [1.29, 1.82) is 15.8 Å². The Morgan fingerprint density at radius 2 is 0.710 bits per heavy atom. The number of terminal acetylenes is 1. The van der Waals surface area contributed by atoms with Crippen LogP contribution in [-0.4, -0.2) is 5.78 Å². The van der Waals surface area contributed by atoms with E-state index < -0.39 is 0 Å². The van der Waals surface area contributed by atoms with Crippen LogP contribution in [0, 0.1) is 46.5 Å². The molecule has 0 N–H and O–H groups in total. The van der Waals surface area contributed by atoms with Crippen molar-refractivity contribution in [2.75, 3.05) is 0 Å². The topological polar surface area (TPSA) is 135 Å². The molecule has 0 bridgehead atoms. The summed E-state index contributed by atoms with van der Waals surface area (Å²) in [6.07, 6.45) is 7.07. The molecular formula is C60H43N3O6. The van der Waals surface area contributed by atoms with E-state index in [0.29, 0.717) is 68.2 Å². The fourth-order valence-electron chi connectivity index (χ4n) is 7.75. The normalized spacial score (nSPS) is 10.9. The minimum Gasteiger partial charge on any atom is -0.457 e. The van der Waals surface area contributed by atoms with Crippen LogP contribution in [0.5, 0.6) is 51.7 Å². The van der Waals surface area contributed by atoms with E-state index in [2.05, 4.69) is 39.7 Å². The molecule has 334 valence electrons. The number of carbonyl (C=O) groups excluding carboxylic acids is 1. The highest BCUT2D eigenvalue weighted by Crippen LogP contribution is 2.37. The molecule has 9 heteroatoms. The average Bonchev–Trinajstić information content (AvgIpc) is 3.37. The minimum absolute atomic E-state index is 0.119. The largest absolute Gasteiger partial charge is 0.457 e. The first kappa shape index (κ1) is 46.0. The lowest BCUT2D eigenvalue weighted by molar-refractivity contribution is 0.103. The second-order valence-corrected chi connectivity index (χ2v) is 17.1. The van der Waals surface area contributed by atoms with Gasteiger partial charge in [0.05, 0.1) is 11.1 Å². The summed E-state index contributed by atoms with van der Waals surface area (Å²) in [5.74, 6) is 7.35. The van der Waals surface area contributed by atoms with Crippen LogP contribution in [0.25, 0.3) is 0 Å². The molecule has 0 radical (unpaired) electrons. The lowest BCUT2D eigenvalue weighted by Crippen LogP contribution is -2.18. The molecule has 9 nitrogen and oxygen atoms in total. The summed E-state index contributed by atoms with van der Waals surface area (Å²) in [7, 11) is 0. The molecule has 0 heterocycles. The monoisotopic (exact) mass is 901 g/mol. The van der Waals surface area contributed by atoms with E-state index >= 15 is 0 Å². The van der Waals surface area contributed by atoms with Crippen molar-refractivity contribution in [3.8, 4) is 82.5 Å². The van der Waals surface area contributed by atoms with E-state index in [4.69, 9.17) is 35.4 Å². The average molecular weight is 902 g/mol. The van der Waals surface area contributed by atoms with Crippen molar-refractivity contribution in [2.45, 2.75) is 38.5 Å². The van der Waals surface area contributed by atoms with Crippen LogP contribution in [0.1, 0.15) is 82.6 Å². The van der Waals surface area contributed by atoms with Gasteiger partial charge >= 0.3 is 0 Å². The summed E-state index contributed by atoms with van der Waals surface area (Å²) >= 11 is 0. The van der Waals surface area contributed by atoms with Crippen LogP contribution in [-0.2, 0) is 10.8 Å². The zero-order valence-electron chi connectivity index (χ0n) is 38.2. The van der Waals surface area contributed by atoms with E-state index in [1.165, 1.54) is 12.1 Å². The van der Waals surface area contributed by atoms with Crippen LogP contribution in [0.15, 0.2) is 182 Å². The molecular weight excluding hydrogens is 859 g/mol. The SMILES string of the molecule is C#Cc1ccc(Oc2ccc(C(C)(C)c3ccc(Oc4ccc(C(=O)c5ccc(Oc6ccc(C(C)(C)c7ccc(Oc8ccc(OC#N)c(C#N)c8)cc7)cc6)cc5)cc4)cc3)cc2)cc1C#N. The van der Waals surface area contributed by atoms with Gasteiger partial charge in [0.25, 0.3) is 6.26 Å². The van der Waals surface area contributed by atoms with Gasteiger partial charge in [0.1, 0.15) is 58.1 Å². The number of ether oxygens (including phenoxy) is 5. The highest BCUT2D eigenvalue weighted by molar-refractivity contribution is 6.09. The third kappa shape index (κ3) is 10.5. The Balaban J connectivity index is 0.829. The number of nitrogens with zero attached hydrogens (tertiary/aromatic N) is 3. The van der Waals surface area contributed by atoms with Gasteiger partial charge in [-0.05, 0) is 150 Å². The highest BCUT2D eigenvalue weighted by Gasteiger charge is 2.25. The number of nitriles is 3. The zero-order chi connectivity index (χ0) is 48.5. The van der Waals surface area contributed by atoms with Crippen molar-refractivity contribution in [3.05, 3.63) is 232 Å². The van der Waals surface area contributed by atoms with Gasteiger partial charge in [0.2, 0.25) is 0 Å². The fourth-order valence-corrected chi connectivity index (χ4v) is 7.75. The molecule has 0 aliphatic rings. The molecule has 0 aliphatic carbocycles. The van der Waals surface area contributed by atoms with E-state index in [1.807, 2.05) is 103 Å². The molecule has 0 unspecified atom stereocenters. The molecule has 69 heavy (non-hydrogen) atoms. The summed E-state index contributed by atoms with van der Waals surface area (Å²) < 4.78 is 29.1. The minimum atomic E-state index is -0.338. The predicted molar refractivity (Wildman–Crippen MR) is 263 cm³/mol. The van der Waals surface area contributed by atoms with E-state index in [9.17, 15) is 15.3 Å². The molecule has 0 amide bonds. The molecule has 8 aromatic carbocycles. The van der Waals surface area contributed by atoms with Gasteiger partial charge < -0.3 is 23.7 Å². The van der Waals surface area contributed by atoms with E-state index in [0.717, 1.165) is 22.3 Å². The molecule has 0 aromatic heterocycles. The first-order chi connectivity index (χ1) is 33.4. The third-order valence-corrected chi connectivity index (χ3v) is 12.0. The Hall–Kier alpha value is -9.54. The molecule has 0 aliphatic heterocycles. The molecule has 0 saturated heterocycles. The third-order valence-electron chi connectivity index (χ3n) is 12.0. The maximum Gasteiger partial charge on any atom is 0.292 e. The Bertz CT molecular complexity index is 3310. The first-order valence-corrected chi connectivity index (χ1v) is 21.9. The fraction of sp³-hybridized carbons (Fsp3) is 0.100. The lowest BCUT2D eigenvalue weighted by atomic mass is 9.78. The Morgan fingerprint density at radius 3 is 1.04 bits per heavy atom. The first-order valence-electron chi connectivity index (χ1n) is 21.9. The van der Waals surface area contributed by atoms with Crippen LogP contribution < -0.4 is 23.7 Å². The smallest absolute Gasteiger partial charge is 0.292 e. The van der Waals surface area contributed by atoms with Gasteiger partial charge in [-0.25, -0.2) is 0 Å². The summed E-state index contributed by atoms with van der Waals surface area (Å²) in [6, 6.07) is 59.6. The van der Waals surface area contributed by atoms with Crippen LogP contribution >= 0.6 is 0 Å². The quantitative estimate of drug-likeness (QED) is 0.0560. The lowest BCUT2D eigenvalue weighted by Gasteiger charge is -2.26. The maximum atomic E-state index is 13.4. The highest BCUT2D eigenvalue weighted by atomic mass is 16.5. The van der Waals surface area contributed by atoms with Crippen molar-refractivity contribution in [1.82, 2.24) is 0 Å². The zero-order valence-corrected chi connectivity index (χ0v) is 38.2. The van der Waals surface area contributed by atoms with Crippen LogP contribution in [0.3, 0.4) is 0 Å². The van der Waals surface area contributed by atoms with E-state index in [1.54, 1.807) is 79.1 Å². The number of rotatable bonds is 15. The van der Waals surface area contributed by atoms with Gasteiger partial charge in [-0.1, -0.05) is 82.1 Å². The number of ketones is 1. The standard InChI is InChI=1S/C60H43N3O6/c1-6-40-7-24-55(35-43(40)37-61)68-53-29-16-47(17-30-53)59(2,3)45-12-25-51(26-13-45)66-49-20-8-41(9-21-49)58(64)42-10-22-50(23-11-42)67-52-27-14-46(15-28-52)60(4,5)48-18-31-54(32-19-48)69-56-33-34-57(65-39-63)44(36-56)38-62/h1,7-36H,2-5H3. The van der Waals surface area contributed by atoms with Crippen LogP contribution in [0.4, 0.5) is 0 Å². The number of carbonyl (C=O) groups is 1. The van der Waals surface area contributed by atoms with Crippen molar-refractivity contribution in [3.63, 3.8) is 0 Å². The van der Waals surface area contributed by atoms with Crippen molar-refractivity contribution >= 4 is 5.78 Å². The Morgan fingerprint density at radius 1 is 0.406 bits per heavy atom. The number of hydrogen-bond acceptors (Lipinski definition) is 9. The Kier molecular flexibility index (Phi) is 13.3. The summed E-state index contributed by atoms with van der Waals surface area (Å²) in [4.78, 5) is 13.4. The van der Waals surface area contributed by atoms with Gasteiger partial charge in [0.15, 0.2) is 11.5 Å². The van der Waals surface area contributed by atoms with Crippen LogP contribution in [0.2, 0.25) is 0 Å². The molecule has 0 saturated carbocycles. The van der Waals surface area contributed by atoms with Gasteiger partial charge in [-0.15, -0.1) is 11.7 Å². The summed E-state index contributed by atoms with van der Waals surface area (Å²) in [6.45, 7) is 8.59. The second-order valence-electron chi connectivity index (χ2n) is 17.1. The number of benzene rings is 8. The summed E-state index contributed by atoms with van der Waals surface area (Å²) in [5, 5.41) is 27.6. The molecule has 8 aromatic rings.